The first-order chi connectivity index (χ1) is 16.4. The largest absolute Gasteiger partial charge is 0.354 e. The molecule has 0 N–H and O–H groups in total. The fourth-order valence-corrected chi connectivity index (χ4v) is 5.97. The minimum atomic E-state index is -0.536. The summed E-state index contributed by atoms with van der Waals surface area (Å²) in [5.41, 5.74) is 1.71. The number of hydrogen-bond acceptors (Lipinski definition) is 6. The van der Waals surface area contributed by atoms with E-state index in [1.165, 1.54) is 20.3 Å². The molecule has 7 heteroatoms. The normalized spacial score (nSPS) is 20.1. The Morgan fingerprint density at radius 2 is 1.56 bits per heavy atom. The Bertz CT molecular complexity index is 1120. The second-order valence-corrected chi connectivity index (χ2v) is 11.0. The second kappa shape index (κ2) is 9.55. The number of benzene rings is 2. The van der Waals surface area contributed by atoms with E-state index < -0.39 is 5.41 Å². The number of para-hydroxylation sites is 1. The Kier molecular flexibility index (Phi) is 6.49. The summed E-state index contributed by atoms with van der Waals surface area (Å²) in [5, 5.41) is 0. The van der Waals surface area contributed by atoms with Gasteiger partial charge in [-0.05, 0) is 37.6 Å². The minimum Gasteiger partial charge on any atom is -0.354 e. The number of unbranched alkanes of at least 4 members (excludes halogenated alkanes) is 1. The summed E-state index contributed by atoms with van der Waals surface area (Å²) in [7, 11) is 0. The summed E-state index contributed by atoms with van der Waals surface area (Å²) >= 11 is 1.79. The number of amidine groups is 1. The topological polar surface area (TPSA) is 56.2 Å². The number of aliphatic imine (C=N–C) groups is 1. The van der Waals surface area contributed by atoms with E-state index in [9.17, 15) is 9.59 Å². The third-order valence-electron chi connectivity index (χ3n) is 6.94. The van der Waals surface area contributed by atoms with Gasteiger partial charge in [0.1, 0.15) is 5.84 Å². The number of hydrogen-bond donors (Lipinski definition) is 0. The molecule has 0 aliphatic carbocycles. The van der Waals surface area contributed by atoms with Crippen molar-refractivity contribution < 1.29 is 9.59 Å². The van der Waals surface area contributed by atoms with Crippen molar-refractivity contribution >= 4 is 35.1 Å². The van der Waals surface area contributed by atoms with Crippen LogP contribution in [0.2, 0.25) is 0 Å². The van der Waals surface area contributed by atoms with E-state index >= 15 is 0 Å². The van der Waals surface area contributed by atoms with Crippen LogP contribution in [0.15, 0.2) is 63.3 Å². The monoisotopic (exact) mass is 476 g/mol. The van der Waals surface area contributed by atoms with Crippen molar-refractivity contribution in [1.82, 2.24) is 14.7 Å². The van der Waals surface area contributed by atoms with Crippen LogP contribution in [0.4, 0.5) is 5.69 Å². The predicted molar refractivity (Wildman–Crippen MR) is 136 cm³/mol. The molecule has 0 spiro atoms. The summed E-state index contributed by atoms with van der Waals surface area (Å²) in [6.45, 7) is 9.13. The van der Waals surface area contributed by atoms with Gasteiger partial charge >= 0.3 is 0 Å². The molecule has 3 aliphatic heterocycles. The quantitative estimate of drug-likeness (QED) is 0.473. The first-order valence-corrected chi connectivity index (χ1v) is 13.0. The number of carbonyl (C=O) groups is 2. The molecule has 178 valence electrons. The summed E-state index contributed by atoms with van der Waals surface area (Å²) < 4.78 is 0. The molecule has 2 saturated heterocycles. The smallest absolute Gasteiger partial charge is 0.235 e. The van der Waals surface area contributed by atoms with Crippen LogP contribution >= 0.6 is 11.8 Å². The van der Waals surface area contributed by atoms with Crippen LogP contribution in [-0.4, -0.2) is 71.6 Å². The Hall–Kier alpha value is -2.64. The lowest BCUT2D eigenvalue weighted by Gasteiger charge is -2.36. The maximum absolute atomic E-state index is 12.4. The average molecular weight is 477 g/mol. The van der Waals surface area contributed by atoms with Crippen molar-refractivity contribution in [2.45, 2.75) is 42.9 Å². The lowest BCUT2D eigenvalue weighted by Crippen LogP contribution is -2.49. The molecule has 3 aliphatic rings. The molecule has 0 radical (unpaired) electrons. The van der Waals surface area contributed by atoms with E-state index in [4.69, 9.17) is 4.99 Å². The first-order valence-electron chi connectivity index (χ1n) is 12.2. The Morgan fingerprint density at radius 1 is 0.882 bits per heavy atom. The van der Waals surface area contributed by atoms with Crippen LogP contribution < -0.4 is 0 Å². The van der Waals surface area contributed by atoms with Crippen molar-refractivity contribution in [3.8, 4) is 0 Å². The van der Waals surface area contributed by atoms with Gasteiger partial charge in [-0.15, -0.1) is 0 Å². The number of likely N-dealkylation sites (tertiary alicyclic amines) is 1. The standard InChI is InChI=1S/C27H32N4O2S/c1-27(2)19-24(32)31(26(27)33)14-8-7-13-29-15-17-30(18-16-29)25-20-9-3-5-11-22(20)34-23-12-6-4-10-21(23)28-25/h3-6,9-12H,7-8,13-19H2,1-2H3. The van der Waals surface area contributed by atoms with Crippen LogP contribution in [0, 0.1) is 5.41 Å². The van der Waals surface area contributed by atoms with E-state index in [-0.39, 0.29) is 11.8 Å². The van der Waals surface area contributed by atoms with Gasteiger partial charge in [-0.2, -0.15) is 0 Å². The van der Waals surface area contributed by atoms with Gasteiger partial charge in [0.2, 0.25) is 11.8 Å². The van der Waals surface area contributed by atoms with E-state index in [0.29, 0.717) is 13.0 Å². The van der Waals surface area contributed by atoms with Crippen molar-refractivity contribution in [3.05, 3.63) is 54.1 Å². The third kappa shape index (κ3) is 4.64. The highest BCUT2D eigenvalue weighted by Gasteiger charge is 2.44. The molecule has 0 saturated carbocycles. The van der Waals surface area contributed by atoms with Gasteiger partial charge in [-0.3, -0.25) is 19.4 Å². The Balaban J connectivity index is 1.17. The molecular weight excluding hydrogens is 444 g/mol. The van der Waals surface area contributed by atoms with Crippen LogP contribution in [-0.2, 0) is 9.59 Å². The van der Waals surface area contributed by atoms with Gasteiger partial charge in [-0.1, -0.05) is 55.9 Å². The fourth-order valence-electron chi connectivity index (χ4n) is 4.95. The molecule has 0 atom stereocenters. The van der Waals surface area contributed by atoms with E-state index in [1.807, 2.05) is 13.8 Å². The summed E-state index contributed by atoms with van der Waals surface area (Å²) in [6.07, 6.45) is 2.19. The number of amides is 2. The first kappa shape index (κ1) is 23.1. The van der Waals surface area contributed by atoms with Crippen LogP contribution in [0.3, 0.4) is 0 Å². The maximum Gasteiger partial charge on any atom is 0.235 e. The zero-order valence-electron chi connectivity index (χ0n) is 20.0. The molecule has 2 aromatic carbocycles. The molecule has 2 amide bonds. The Morgan fingerprint density at radius 3 is 2.29 bits per heavy atom. The minimum absolute atomic E-state index is 0.0182. The van der Waals surface area contributed by atoms with Gasteiger partial charge < -0.3 is 4.90 Å². The number of imide groups is 1. The molecule has 2 aromatic rings. The lowest BCUT2D eigenvalue weighted by atomic mass is 9.92. The second-order valence-electron chi connectivity index (χ2n) is 9.95. The molecule has 0 unspecified atom stereocenters. The van der Waals surface area contributed by atoms with Crippen LogP contribution in [0.1, 0.15) is 38.7 Å². The summed E-state index contributed by atoms with van der Waals surface area (Å²) in [4.78, 5) is 38.5. The molecule has 0 aromatic heterocycles. The number of carbonyl (C=O) groups excluding carboxylic acids is 2. The highest BCUT2D eigenvalue weighted by atomic mass is 32.2. The molecule has 3 heterocycles. The molecule has 5 rings (SSSR count). The van der Waals surface area contributed by atoms with Gasteiger partial charge in [0.05, 0.1) is 11.1 Å². The van der Waals surface area contributed by atoms with E-state index in [1.54, 1.807) is 11.8 Å². The van der Waals surface area contributed by atoms with E-state index in [2.05, 4.69) is 58.3 Å². The van der Waals surface area contributed by atoms with Gasteiger partial charge in [0, 0.05) is 54.5 Å². The zero-order chi connectivity index (χ0) is 23.7. The summed E-state index contributed by atoms with van der Waals surface area (Å²) in [5.74, 6) is 1.03. The lowest BCUT2D eigenvalue weighted by molar-refractivity contribution is -0.140. The molecular formula is C27H32N4O2S. The fraction of sp³-hybridized carbons (Fsp3) is 0.444. The molecule has 34 heavy (non-hydrogen) atoms. The zero-order valence-corrected chi connectivity index (χ0v) is 20.8. The molecule has 6 nitrogen and oxygen atoms in total. The van der Waals surface area contributed by atoms with Crippen LogP contribution in [0.5, 0.6) is 0 Å². The highest BCUT2D eigenvalue weighted by Crippen LogP contribution is 2.40. The Labute approximate surface area is 206 Å². The van der Waals surface area contributed by atoms with Crippen molar-refractivity contribution in [3.63, 3.8) is 0 Å². The average Bonchev–Trinajstić information content (AvgIpc) is 2.96. The number of fused-ring (bicyclic) bond motifs is 2. The summed E-state index contributed by atoms with van der Waals surface area (Å²) in [6, 6.07) is 16.9. The number of piperazine rings is 1. The van der Waals surface area contributed by atoms with Crippen molar-refractivity contribution in [2.75, 3.05) is 39.3 Å². The highest BCUT2D eigenvalue weighted by molar-refractivity contribution is 7.99. The predicted octanol–water partition coefficient (Wildman–Crippen LogP) is 4.41. The van der Waals surface area contributed by atoms with E-state index in [0.717, 1.165) is 57.1 Å². The SMILES string of the molecule is CC1(C)CC(=O)N(CCCCN2CCN(C3=Nc4ccccc4Sc4ccccc43)CC2)C1=O. The van der Waals surface area contributed by atoms with Crippen molar-refractivity contribution in [1.29, 1.82) is 0 Å². The maximum atomic E-state index is 12.4. The van der Waals surface area contributed by atoms with Gasteiger partial charge in [-0.25, -0.2) is 4.99 Å². The van der Waals surface area contributed by atoms with Crippen LogP contribution in [0.25, 0.3) is 0 Å². The van der Waals surface area contributed by atoms with Gasteiger partial charge in [0.15, 0.2) is 0 Å². The van der Waals surface area contributed by atoms with Crippen molar-refractivity contribution in [2.24, 2.45) is 10.4 Å². The molecule has 0 bridgehead atoms. The molecule has 2 fully saturated rings. The number of rotatable bonds is 5. The third-order valence-corrected chi connectivity index (χ3v) is 8.08. The number of nitrogens with zero attached hydrogens (tertiary/aromatic N) is 4. The van der Waals surface area contributed by atoms with Gasteiger partial charge in [0.25, 0.3) is 0 Å².